The van der Waals surface area contributed by atoms with Crippen molar-refractivity contribution in [3.05, 3.63) is 23.8 Å². The molecule has 1 fully saturated rings. The van der Waals surface area contributed by atoms with E-state index in [1.807, 2.05) is 12.1 Å². The highest BCUT2D eigenvalue weighted by Crippen LogP contribution is 2.31. The zero-order chi connectivity index (χ0) is 12.4. The number of rotatable bonds is 5. The summed E-state index contributed by atoms with van der Waals surface area (Å²) in [6.07, 6.45) is 2.75. The van der Waals surface area contributed by atoms with Gasteiger partial charge in [0.15, 0.2) is 0 Å². The first-order valence-corrected chi connectivity index (χ1v) is 6.37. The van der Waals surface area contributed by atoms with E-state index in [0.29, 0.717) is 11.7 Å². The largest absolute Gasteiger partial charge is 0.506 e. The molecule has 1 aromatic carbocycles. The van der Waals surface area contributed by atoms with Crippen molar-refractivity contribution < 1.29 is 5.11 Å². The number of aromatic hydroxyl groups is 1. The van der Waals surface area contributed by atoms with Crippen LogP contribution >= 0.6 is 0 Å². The van der Waals surface area contributed by atoms with Crippen LogP contribution in [0.4, 0.5) is 5.69 Å². The Bertz CT molecular complexity index is 386. The summed E-state index contributed by atoms with van der Waals surface area (Å²) in [6.45, 7) is 6.55. The molecule has 0 heterocycles. The third-order valence-corrected chi connectivity index (χ3v) is 3.40. The number of nitrogen functional groups attached to an aromatic ring is 1. The van der Waals surface area contributed by atoms with Crippen LogP contribution in [0.15, 0.2) is 18.2 Å². The van der Waals surface area contributed by atoms with Gasteiger partial charge in [0, 0.05) is 19.1 Å². The minimum absolute atomic E-state index is 0.173. The number of nitrogens with two attached hydrogens (primary N) is 1. The molecule has 0 aromatic heterocycles. The highest BCUT2D eigenvalue weighted by molar-refractivity contribution is 5.53. The highest BCUT2D eigenvalue weighted by atomic mass is 16.3. The lowest BCUT2D eigenvalue weighted by Crippen LogP contribution is -2.32. The van der Waals surface area contributed by atoms with E-state index in [2.05, 4.69) is 18.7 Å². The Morgan fingerprint density at radius 2 is 2.12 bits per heavy atom. The molecule has 2 rings (SSSR count). The lowest BCUT2D eigenvalue weighted by molar-refractivity contribution is 0.204. The third-order valence-electron chi connectivity index (χ3n) is 3.40. The molecule has 3 heteroatoms. The van der Waals surface area contributed by atoms with Crippen LogP contribution in [0.1, 0.15) is 32.3 Å². The topological polar surface area (TPSA) is 49.5 Å². The number of anilines is 1. The molecule has 0 bridgehead atoms. The van der Waals surface area contributed by atoms with Crippen LogP contribution in [0, 0.1) is 5.92 Å². The summed E-state index contributed by atoms with van der Waals surface area (Å²) in [4.78, 5) is 2.48. The number of phenols is 1. The van der Waals surface area contributed by atoms with Crippen molar-refractivity contribution in [1.82, 2.24) is 4.90 Å². The van der Waals surface area contributed by atoms with E-state index in [1.54, 1.807) is 6.07 Å². The van der Waals surface area contributed by atoms with Crippen LogP contribution in [-0.4, -0.2) is 22.6 Å². The summed E-state index contributed by atoms with van der Waals surface area (Å²) in [5, 5.41) is 9.40. The van der Waals surface area contributed by atoms with Crippen molar-refractivity contribution in [2.45, 2.75) is 39.3 Å². The van der Waals surface area contributed by atoms with Crippen molar-refractivity contribution in [2.75, 3.05) is 12.3 Å². The molecule has 1 aromatic rings. The summed E-state index contributed by atoms with van der Waals surface area (Å²) >= 11 is 0. The van der Waals surface area contributed by atoms with Gasteiger partial charge in [-0.25, -0.2) is 0 Å². The molecule has 94 valence electrons. The van der Waals surface area contributed by atoms with Crippen molar-refractivity contribution in [3.63, 3.8) is 0 Å². The molecular formula is C14H22N2O. The summed E-state index contributed by atoms with van der Waals surface area (Å²) in [6, 6.07) is 6.05. The lowest BCUT2D eigenvalue weighted by atomic mass is 10.1. The Kier molecular flexibility index (Phi) is 3.57. The van der Waals surface area contributed by atoms with E-state index in [-0.39, 0.29) is 5.75 Å². The van der Waals surface area contributed by atoms with Crippen LogP contribution in [0.25, 0.3) is 0 Å². The van der Waals surface area contributed by atoms with Gasteiger partial charge in [0.2, 0.25) is 0 Å². The zero-order valence-corrected chi connectivity index (χ0v) is 10.7. The van der Waals surface area contributed by atoms with E-state index >= 15 is 0 Å². The molecule has 1 aliphatic carbocycles. The smallest absolute Gasteiger partial charge is 0.138 e. The second-order valence-corrected chi connectivity index (χ2v) is 5.36. The molecular weight excluding hydrogens is 212 g/mol. The van der Waals surface area contributed by atoms with Gasteiger partial charge in [0.1, 0.15) is 5.75 Å². The molecule has 0 atom stereocenters. The van der Waals surface area contributed by atoms with E-state index in [9.17, 15) is 5.11 Å². The van der Waals surface area contributed by atoms with Crippen LogP contribution in [-0.2, 0) is 6.54 Å². The van der Waals surface area contributed by atoms with Crippen LogP contribution in [0.3, 0.4) is 0 Å². The zero-order valence-electron chi connectivity index (χ0n) is 10.7. The number of hydrogen-bond acceptors (Lipinski definition) is 3. The number of benzene rings is 1. The summed E-state index contributed by atoms with van der Waals surface area (Å²) < 4.78 is 0. The van der Waals surface area contributed by atoms with Crippen LogP contribution in [0.5, 0.6) is 5.75 Å². The first-order chi connectivity index (χ1) is 8.06. The monoisotopic (exact) mass is 234 g/mol. The molecule has 1 aliphatic rings. The molecule has 1 saturated carbocycles. The Balaban J connectivity index is 2.02. The fraction of sp³-hybridized carbons (Fsp3) is 0.571. The Labute approximate surface area is 103 Å². The fourth-order valence-electron chi connectivity index (χ4n) is 2.03. The van der Waals surface area contributed by atoms with Gasteiger partial charge in [-0.3, -0.25) is 4.90 Å². The second-order valence-electron chi connectivity index (χ2n) is 5.36. The van der Waals surface area contributed by atoms with Gasteiger partial charge in [0.25, 0.3) is 0 Å². The quantitative estimate of drug-likeness (QED) is 0.608. The highest BCUT2D eigenvalue weighted by Gasteiger charge is 2.25. The normalized spacial score (nSPS) is 15.8. The van der Waals surface area contributed by atoms with Crippen molar-refractivity contribution in [1.29, 1.82) is 0 Å². The molecule has 0 saturated heterocycles. The number of hydrogen-bond donors (Lipinski definition) is 2. The Morgan fingerprint density at radius 3 is 2.65 bits per heavy atom. The Hall–Kier alpha value is -1.22. The summed E-state index contributed by atoms with van der Waals surface area (Å²) in [7, 11) is 0. The van der Waals surface area contributed by atoms with E-state index in [0.717, 1.165) is 12.5 Å². The predicted molar refractivity (Wildman–Crippen MR) is 70.8 cm³/mol. The maximum absolute atomic E-state index is 9.40. The van der Waals surface area contributed by atoms with E-state index in [1.165, 1.54) is 24.9 Å². The average molecular weight is 234 g/mol. The van der Waals surface area contributed by atoms with Gasteiger partial charge < -0.3 is 10.8 Å². The lowest BCUT2D eigenvalue weighted by Gasteiger charge is -2.26. The Morgan fingerprint density at radius 1 is 1.41 bits per heavy atom. The van der Waals surface area contributed by atoms with Crippen LogP contribution < -0.4 is 5.73 Å². The number of phenolic OH excluding ortho intramolecular Hbond substituents is 1. The minimum atomic E-state index is 0.173. The van der Waals surface area contributed by atoms with Gasteiger partial charge in [-0.1, -0.05) is 6.07 Å². The maximum atomic E-state index is 9.40. The van der Waals surface area contributed by atoms with Gasteiger partial charge >= 0.3 is 0 Å². The van der Waals surface area contributed by atoms with Crippen molar-refractivity contribution >= 4 is 5.69 Å². The van der Waals surface area contributed by atoms with Gasteiger partial charge in [-0.15, -0.1) is 0 Å². The first kappa shape index (κ1) is 12.2. The second kappa shape index (κ2) is 4.96. The van der Waals surface area contributed by atoms with Gasteiger partial charge in [-0.05, 0) is 50.3 Å². The standard InChI is InChI=1S/C14H22N2O/c1-10(2)16(8-11-3-4-11)9-12-5-6-14(17)13(15)7-12/h5-7,10-11,17H,3-4,8-9,15H2,1-2H3. The first-order valence-electron chi connectivity index (χ1n) is 6.37. The van der Waals surface area contributed by atoms with Gasteiger partial charge in [-0.2, -0.15) is 0 Å². The average Bonchev–Trinajstić information content (AvgIpc) is 3.06. The molecule has 0 radical (unpaired) electrons. The fourth-order valence-corrected chi connectivity index (χ4v) is 2.03. The van der Waals surface area contributed by atoms with Gasteiger partial charge in [0.05, 0.1) is 5.69 Å². The van der Waals surface area contributed by atoms with Crippen molar-refractivity contribution in [2.24, 2.45) is 5.92 Å². The minimum Gasteiger partial charge on any atom is -0.506 e. The number of nitrogens with zero attached hydrogens (tertiary/aromatic N) is 1. The predicted octanol–water partition coefficient (Wildman–Crippen LogP) is 2.59. The molecule has 0 amide bonds. The van der Waals surface area contributed by atoms with E-state index < -0.39 is 0 Å². The molecule has 17 heavy (non-hydrogen) atoms. The molecule has 0 unspecified atom stereocenters. The summed E-state index contributed by atoms with van der Waals surface area (Å²) in [5.74, 6) is 1.07. The molecule has 3 N–H and O–H groups in total. The third kappa shape index (κ3) is 3.37. The van der Waals surface area contributed by atoms with Crippen LogP contribution in [0.2, 0.25) is 0 Å². The molecule has 0 aliphatic heterocycles. The maximum Gasteiger partial charge on any atom is 0.138 e. The van der Waals surface area contributed by atoms with E-state index in [4.69, 9.17) is 5.73 Å². The molecule has 3 nitrogen and oxygen atoms in total. The van der Waals surface area contributed by atoms with Crippen molar-refractivity contribution in [3.8, 4) is 5.75 Å². The SMILES string of the molecule is CC(C)N(Cc1ccc(O)c(N)c1)CC1CC1. The summed E-state index contributed by atoms with van der Waals surface area (Å²) in [5.41, 5.74) is 7.36. The molecule has 0 spiro atoms.